The van der Waals surface area contributed by atoms with Gasteiger partial charge in [-0.25, -0.2) is 0 Å². The summed E-state index contributed by atoms with van der Waals surface area (Å²) in [5, 5.41) is 0. The zero-order valence-corrected chi connectivity index (χ0v) is 7.92. The standard InChI is InChI=1S/C6H10BrNO3/c1-3(11-4(2)9)5(7)6(8)10/h3,5H,1-2H3,(H2,8,10). The van der Waals surface area contributed by atoms with E-state index in [9.17, 15) is 9.59 Å². The number of carbonyl (C=O) groups excluding carboxylic acids is 2. The molecule has 2 atom stereocenters. The van der Waals surface area contributed by atoms with Crippen LogP contribution in [0.2, 0.25) is 0 Å². The molecule has 0 saturated carbocycles. The Labute approximate surface area is 73.2 Å². The SMILES string of the molecule is CC(=O)OC(C)C(Br)C(N)=O. The fraction of sp³-hybridized carbons (Fsp3) is 0.667. The Hall–Kier alpha value is -0.580. The summed E-state index contributed by atoms with van der Waals surface area (Å²) in [6.07, 6.45) is -0.523. The lowest BCUT2D eigenvalue weighted by Crippen LogP contribution is -2.34. The van der Waals surface area contributed by atoms with E-state index in [1.165, 1.54) is 6.92 Å². The van der Waals surface area contributed by atoms with Crippen molar-refractivity contribution in [3.63, 3.8) is 0 Å². The first-order chi connectivity index (χ1) is 4.95. The summed E-state index contributed by atoms with van der Waals surface area (Å²) < 4.78 is 4.69. The van der Waals surface area contributed by atoms with E-state index in [-0.39, 0.29) is 0 Å². The third-order valence-corrected chi connectivity index (χ3v) is 2.23. The molecule has 5 heteroatoms. The van der Waals surface area contributed by atoms with Gasteiger partial charge in [0.1, 0.15) is 10.9 Å². The number of hydrogen-bond donors (Lipinski definition) is 1. The predicted octanol–water partition coefficient (Wildman–Crippen LogP) is 0.187. The highest BCUT2D eigenvalue weighted by molar-refractivity contribution is 9.10. The maximum absolute atomic E-state index is 10.5. The van der Waals surface area contributed by atoms with E-state index >= 15 is 0 Å². The molecule has 0 heterocycles. The number of nitrogens with two attached hydrogens (primary N) is 1. The lowest BCUT2D eigenvalue weighted by atomic mass is 10.3. The third kappa shape index (κ3) is 3.98. The second-order valence-corrected chi connectivity index (χ2v) is 3.11. The first kappa shape index (κ1) is 10.4. The van der Waals surface area contributed by atoms with Crippen molar-refractivity contribution in [2.75, 3.05) is 0 Å². The van der Waals surface area contributed by atoms with Crippen LogP contribution in [0.1, 0.15) is 13.8 Å². The topological polar surface area (TPSA) is 69.4 Å². The fourth-order valence-electron chi connectivity index (χ4n) is 0.553. The maximum atomic E-state index is 10.5. The van der Waals surface area contributed by atoms with Crippen LogP contribution in [0.15, 0.2) is 0 Å². The summed E-state index contributed by atoms with van der Waals surface area (Å²) in [5.41, 5.74) is 4.94. The molecule has 1 amide bonds. The smallest absolute Gasteiger partial charge is 0.302 e. The van der Waals surface area contributed by atoms with Crippen LogP contribution in [-0.4, -0.2) is 22.8 Å². The van der Waals surface area contributed by atoms with Crippen LogP contribution in [0.25, 0.3) is 0 Å². The second-order valence-electron chi connectivity index (χ2n) is 2.12. The van der Waals surface area contributed by atoms with Crippen molar-refractivity contribution in [1.29, 1.82) is 0 Å². The van der Waals surface area contributed by atoms with Gasteiger partial charge >= 0.3 is 5.97 Å². The maximum Gasteiger partial charge on any atom is 0.302 e. The largest absolute Gasteiger partial charge is 0.461 e. The molecular formula is C6H10BrNO3. The highest BCUT2D eigenvalue weighted by Crippen LogP contribution is 2.08. The van der Waals surface area contributed by atoms with Gasteiger partial charge in [-0.3, -0.25) is 9.59 Å². The number of primary amides is 1. The molecule has 0 radical (unpaired) electrons. The van der Waals surface area contributed by atoms with Crippen LogP contribution in [0, 0.1) is 0 Å². The van der Waals surface area contributed by atoms with E-state index in [2.05, 4.69) is 20.7 Å². The summed E-state index contributed by atoms with van der Waals surface area (Å²) in [6, 6.07) is 0. The Balaban J connectivity index is 3.92. The molecule has 0 saturated heterocycles. The monoisotopic (exact) mass is 223 g/mol. The van der Waals surface area contributed by atoms with Crippen LogP contribution in [0.3, 0.4) is 0 Å². The normalized spacial score (nSPS) is 15.2. The molecule has 0 spiro atoms. The number of rotatable bonds is 3. The summed E-state index contributed by atoms with van der Waals surface area (Å²) >= 11 is 2.98. The Morgan fingerprint density at radius 3 is 2.27 bits per heavy atom. The van der Waals surface area contributed by atoms with Crippen molar-refractivity contribution in [2.24, 2.45) is 5.73 Å². The second kappa shape index (κ2) is 4.33. The number of carbonyl (C=O) groups is 2. The van der Waals surface area contributed by atoms with Gasteiger partial charge in [0.2, 0.25) is 5.91 Å². The van der Waals surface area contributed by atoms with E-state index in [1.807, 2.05) is 0 Å². The number of esters is 1. The van der Waals surface area contributed by atoms with E-state index in [0.29, 0.717) is 0 Å². The Kier molecular flexibility index (Phi) is 4.10. The fourth-order valence-corrected chi connectivity index (χ4v) is 0.661. The van der Waals surface area contributed by atoms with E-state index < -0.39 is 22.8 Å². The van der Waals surface area contributed by atoms with Crippen molar-refractivity contribution in [3.8, 4) is 0 Å². The molecule has 0 aromatic heterocycles. The molecule has 0 aliphatic rings. The summed E-state index contributed by atoms with van der Waals surface area (Å²) in [6.45, 7) is 2.86. The van der Waals surface area contributed by atoms with Gasteiger partial charge in [0.05, 0.1) is 0 Å². The van der Waals surface area contributed by atoms with Gasteiger partial charge < -0.3 is 10.5 Å². The summed E-state index contributed by atoms with van der Waals surface area (Å²) in [4.78, 5) is 20.3. The van der Waals surface area contributed by atoms with Crippen LogP contribution in [-0.2, 0) is 14.3 Å². The summed E-state index contributed by atoms with van der Waals surface area (Å²) in [5.74, 6) is -0.970. The van der Waals surface area contributed by atoms with E-state index in [1.54, 1.807) is 6.92 Å². The predicted molar refractivity (Wildman–Crippen MR) is 43.1 cm³/mol. The quantitative estimate of drug-likeness (QED) is 0.549. The number of alkyl halides is 1. The first-order valence-corrected chi connectivity index (χ1v) is 3.97. The van der Waals surface area contributed by atoms with Gasteiger partial charge in [-0.2, -0.15) is 0 Å². The molecule has 4 nitrogen and oxygen atoms in total. The molecule has 2 N–H and O–H groups in total. The first-order valence-electron chi connectivity index (χ1n) is 3.05. The molecule has 0 rings (SSSR count). The third-order valence-electron chi connectivity index (χ3n) is 1.04. The van der Waals surface area contributed by atoms with Crippen molar-refractivity contribution in [1.82, 2.24) is 0 Å². The molecule has 2 unspecified atom stereocenters. The van der Waals surface area contributed by atoms with Crippen LogP contribution < -0.4 is 5.73 Å². The minimum atomic E-state index is -0.619. The number of halogens is 1. The molecule has 0 aromatic rings. The van der Waals surface area contributed by atoms with Gasteiger partial charge in [0, 0.05) is 6.92 Å². The van der Waals surface area contributed by atoms with Crippen molar-refractivity contribution in [2.45, 2.75) is 24.8 Å². The van der Waals surface area contributed by atoms with Gasteiger partial charge in [0.15, 0.2) is 0 Å². The molecule has 0 fully saturated rings. The Bertz CT molecular complexity index is 171. The lowest BCUT2D eigenvalue weighted by molar-refractivity contribution is -0.146. The minimum absolute atomic E-state index is 0.428. The summed E-state index contributed by atoms with van der Waals surface area (Å²) in [7, 11) is 0. The van der Waals surface area contributed by atoms with Gasteiger partial charge in [-0.15, -0.1) is 0 Å². The molecule has 11 heavy (non-hydrogen) atoms. The van der Waals surface area contributed by atoms with Gasteiger partial charge in [-0.1, -0.05) is 15.9 Å². The number of hydrogen-bond acceptors (Lipinski definition) is 3. The van der Waals surface area contributed by atoms with Gasteiger partial charge in [0.25, 0.3) is 0 Å². The molecule has 0 aromatic carbocycles. The molecule has 0 aliphatic carbocycles. The Morgan fingerprint density at radius 2 is 2.00 bits per heavy atom. The zero-order valence-electron chi connectivity index (χ0n) is 6.33. The number of ether oxygens (including phenoxy) is 1. The minimum Gasteiger partial charge on any atom is -0.461 e. The molecule has 0 bridgehead atoms. The molecule has 0 aliphatic heterocycles. The number of amides is 1. The van der Waals surface area contributed by atoms with E-state index in [0.717, 1.165) is 0 Å². The average molecular weight is 224 g/mol. The zero-order chi connectivity index (χ0) is 9.02. The highest BCUT2D eigenvalue weighted by atomic mass is 79.9. The molecular weight excluding hydrogens is 214 g/mol. The Morgan fingerprint density at radius 1 is 1.55 bits per heavy atom. The average Bonchev–Trinajstić information content (AvgIpc) is 1.84. The lowest BCUT2D eigenvalue weighted by Gasteiger charge is -2.14. The van der Waals surface area contributed by atoms with Crippen LogP contribution in [0.5, 0.6) is 0 Å². The van der Waals surface area contributed by atoms with E-state index in [4.69, 9.17) is 5.73 Å². The van der Waals surface area contributed by atoms with Crippen LogP contribution in [0.4, 0.5) is 0 Å². The van der Waals surface area contributed by atoms with Crippen molar-refractivity contribution < 1.29 is 14.3 Å². The highest BCUT2D eigenvalue weighted by Gasteiger charge is 2.21. The van der Waals surface area contributed by atoms with Crippen molar-refractivity contribution in [3.05, 3.63) is 0 Å². The van der Waals surface area contributed by atoms with Gasteiger partial charge in [-0.05, 0) is 6.92 Å². The molecule has 64 valence electrons. The van der Waals surface area contributed by atoms with Crippen LogP contribution >= 0.6 is 15.9 Å². The van der Waals surface area contributed by atoms with Crippen molar-refractivity contribution >= 4 is 27.8 Å².